The van der Waals surface area contributed by atoms with Gasteiger partial charge in [-0.05, 0) is 19.3 Å². The summed E-state index contributed by atoms with van der Waals surface area (Å²) in [5.74, 6) is 0.862. The second-order valence-electron chi connectivity index (χ2n) is 4.24. The molecule has 1 aromatic rings. The van der Waals surface area contributed by atoms with Crippen LogP contribution in [0.4, 0.5) is 5.82 Å². The van der Waals surface area contributed by atoms with Crippen molar-refractivity contribution < 1.29 is 4.74 Å². The molecule has 2 rings (SSSR count). The highest BCUT2D eigenvalue weighted by Gasteiger charge is 2.21. The van der Waals surface area contributed by atoms with E-state index in [9.17, 15) is 0 Å². The van der Waals surface area contributed by atoms with E-state index in [0.717, 1.165) is 30.8 Å². The highest BCUT2D eigenvalue weighted by molar-refractivity contribution is 5.36. The van der Waals surface area contributed by atoms with Crippen LogP contribution in [0.15, 0.2) is 12.4 Å². The molecule has 1 fully saturated rings. The molecular weight excluding hydrogens is 204 g/mol. The van der Waals surface area contributed by atoms with E-state index in [1.165, 1.54) is 0 Å². The van der Waals surface area contributed by atoms with Crippen LogP contribution in [0.1, 0.15) is 25.0 Å². The molecule has 0 radical (unpaired) electrons. The van der Waals surface area contributed by atoms with E-state index in [0.29, 0.717) is 18.7 Å². The van der Waals surface area contributed by atoms with Gasteiger partial charge in [0.2, 0.25) is 0 Å². The zero-order valence-electron chi connectivity index (χ0n) is 9.52. The second-order valence-corrected chi connectivity index (χ2v) is 4.24. The zero-order valence-corrected chi connectivity index (χ0v) is 9.52. The maximum atomic E-state index is 5.86. The number of methoxy groups -OCH3 is 1. The lowest BCUT2D eigenvalue weighted by atomic mass is 10.2. The third-order valence-corrected chi connectivity index (χ3v) is 2.84. The van der Waals surface area contributed by atoms with Gasteiger partial charge in [-0.3, -0.25) is 0 Å². The van der Waals surface area contributed by atoms with Gasteiger partial charge in [-0.25, -0.2) is 9.97 Å². The molecule has 5 heteroatoms. The molecule has 1 saturated carbocycles. The molecule has 1 aliphatic rings. The first kappa shape index (κ1) is 11.3. The predicted molar refractivity (Wildman–Crippen MR) is 62.0 cm³/mol. The minimum atomic E-state index is 0.331. The molecule has 0 aliphatic heterocycles. The molecule has 1 aliphatic carbocycles. The van der Waals surface area contributed by atoms with Crippen molar-refractivity contribution in [3.63, 3.8) is 0 Å². The maximum absolute atomic E-state index is 5.86. The summed E-state index contributed by atoms with van der Waals surface area (Å²) in [5, 5.41) is 3.38. The summed E-state index contributed by atoms with van der Waals surface area (Å²) in [5.41, 5.74) is 6.75. The molecule has 1 heterocycles. The number of anilines is 1. The van der Waals surface area contributed by atoms with Gasteiger partial charge < -0.3 is 15.8 Å². The van der Waals surface area contributed by atoms with Crippen LogP contribution >= 0.6 is 0 Å². The van der Waals surface area contributed by atoms with Crippen molar-refractivity contribution in [1.82, 2.24) is 9.97 Å². The Balaban J connectivity index is 1.95. The van der Waals surface area contributed by atoms with Gasteiger partial charge in [0.25, 0.3) is 0 Å². The lowest BCUT2D eigenvalue weighted by Gasteiger charge is -2.13. The van der Waals surface area contributed by atoms with E-state index >= 15 is 0 Å². The Kier molecular flexibility index (Phi) is 3.69. The topological polar surface area (TPSA) is 73.1 Å². The van der Waals surface area contributed by atoms with Gasteiger partial charge in [-0.2, -0.15) is 0 Å². The minimum Gasteiger partial charge on any atom is -0.378 e. The summed E-state index contributed by atoms with van der Waals surface area (Å²) in [6, 6.07) is 2.70. The largest absolute Gasteiger partial charge is 0.378 e. The van der Waals surface area contributed by atoms with Gasteiger partial charge in [0.1, 0.15) is 12.1 Å². The zero-order chi connectivity index (χ0) is 11.4. The summed E-state index contributed by atoms with van der Waals surface area (Å²) in [6.07, 6.45) is 4.79. The number of rotatable bonds is 4. The number of hydrogen-bond acceptors (Lipinski definition) is 5. The standard InChI is InChI=1S/C11H18N4O/c1-16-6-10-5-11(14-7-13-10)15-9-3-2-8(12)4-9/h5,7-9H,2-4,6,12H2,1H3,(H,13,14,15)/t8-,9-/m1/s1. The molecule has 0 aromatic carbocycles. The molecule has 0 unspecified atom stereocenters. The van der Waals surface area contributed by atoms with Crippen molar-refractivity contribution in [1.29, 1.82) is 0 Å². The Morgan fingerprint density at radius 1 is 1.50 bits per heavy atom. The van der Waals surface area contributed by atoms with Crippen molar-refractivity contribution in [2.75, 3.05) is 12.4 Å². The van der Waals surface area contributed by atoms with Crippen LogP contribution in [0.25, 0.3) is 0 Å². The normalized spacial score (nSPS) is 24.6. The number of aromatic nitrogens is 2. The molecule has 0 saturated heterocycles. The molecule has 16 heavy (non-hydrogen) atoms. The van der Waals surface area contributed by atoms with Crippen molar-refractivity contribution in [3.05, 3.63) is 18.1 Å². The molecular formula is C11H18N4O. The quantitative estimate of drug-likeness (QED) is 0.792. The summed E-state index contributed by atoms with van der Waals surface area (Å²) in [7, 11) is 1.66. The maximum Gasteiger partial charge on any atom is 0.129 e. The van der Waals surface area contributed by atoms with E-state index in [4.69, 9.17) is 10.5 Å². The van der Waals surface area contributed by atoms with Gasteiger partial charge in [0, 0.05) is 25.3 Å². The SMILES string of the molecule is COCc1cc(N[C@@H]2CC[C@@H](N)C2)ncn1. The van der Waals surface area contributed by atoms with E-state index in [-0.39, 0.29) is 0 Å². The summed E-state index contributed by atoms with van der Waals surface area (Å²) in [4.78, 5) is 8.31. The predicted octanol–water partition coefficient (Wildman–Crippen LogP) is 0.915. The summed E-state index contributed by atoms with van der Waals surface area (Å²) in [6.45, 7) is 0.515. The van der Waals surface area contributed by atoms with Crippen molar-refractivity contribution in [2.45, 2.75) is 38.0 Å². The lowest BCUT2D eigenvalue weighted by molar-refractivity contribution is 0.181. The monoisotopic (exact) mass is 222 g/mol. The summed E-state index contributed by atoms with van der Waals surface area (Å²) < 4.78 is 5.03. The van der Waals surface area contributed by atoms with E-state index in [1.54, 1.807) is 13.4 Å². The van der Waals surface area contributed by atoms with E-state index < -0.39 is 0 Å². The number of hydrogen-bond donors (Lipinski definition) is 2. The van der Waals surface area contributed by atoms with Crippen molar-refractivity contribution in [2.24, 2.45) is 5.73 Å². The number of ether oxygens (including phenoxy) is 1. The fourth-order valence-electron chi connectivity index (χ4n) is 2.06. The van der Waals surface area contributed by atoms with Gasteiger partial charge in [0.05, 0.1) is 12.3 Å². The van der Waals surface area contributed by atoms with Gasteiger partial charge >= 0.3 is 0 Å². The van der Waals surface area contributed by atoms with E-state index in [2.05, 4.69) is 15.3 Å². The van der Waals surface area contributed by atoms with Crippen LogP contribution in [0.3, 0.4) is 0 Å². The van der Waals surface area contributed by atoms with Gasteiger partial charge in [-0.15, -0.1) is 0 Å². The lowest BCUT2D eigenvalue weighted by Crippen LogP contribution is -2.21. The van der Waals surface area contributed by atoms with Crippen LogP contribution in [-0.4, -0.2) is 29.2 Å². The van der Waals surface area contributed by atoms with E-state index in [1.807, 2.05) is 6.07 Å². The van der Waals surface area contributed by atoms with Crippen LogP contribution in [0, 0.1) is 0 Å². The highest BCUT2D eigenvalue weighted by atomic mass is 16.5. The van der Waals surface area contributed by atoms with Crippen LogP contribution in [0.5, 0.6) is 0 Å². The van der Waals surface area contributed by atoms with Gasteiger partial charge in [0.15, 0.2) is 0 Å². The average Bonchev–Trinajstić information content (AvgIpc) is 2.65. The average molecular weight is 222 g/mol. The molecule has 5 nitrogen and oxygen atoms in total. The third-order valence-electron chi connectivity index (χ3n) is 2.84. The van der Waals surface area contributed by atoms with Crippen molar-refractivity contribution in [3.8, 4) is 0 Å². The van der Waals surface area contributed by atoms with Crippen LogP contribution in [0.2, 0.25) is 0 Å². The Hall–Kier alpha value is -1.20. The minimum absolute atomic E-state index is 0.331. The first-order valence-corrected chi connectivity index (χ1v) is 5.60. The highest BCUT2D eigenvalue weighted by Crippen LogP contribution is 2.20. The van der Waals surface area contributed by atoms with Crippen LogP contribution in [-0.2, 0) is 11.3 Å². The van der Waals surface area contributed by atoms with Crippen LogP contribution < -0.4 is 11.1 Å². The summed E-state index contributed by atoms with van der Waals surface area (Å²) >= 11 is 0. The Bertz CT molecular complexity index is 345. The second kappa shape index (κ2) is 5.23. The fraction of sp³-hybridized carbons (Fsp3) is 0.636. The molecule has 3 N–H and O–H groups in total. The third kappa shape index (κ3) is 2.90. The molecule has 1 aromatic heterocycles. The number of nitrogens with one attached hydrogen (secondary N) is 1. The molecule has 0 bridgehead atoms. The Morgan fingerprint density at radius 2 is 2.38 bits per heavy atom. The Morgan fingerprint density at radius 3 is 3.06 bits per heavy atom. The molecule has 0 amide bonds. The molecule has 0 spiro atoms. The first-order chi connectivity index (χ1) is 7.78. The van der Waals surface area contributed by atoms with Crippen molar-refractivity contribution >= 4 is 5.82 Å². The fourth-order valence-corrected chi connectivity index (χ4v) is 2.06. The smallest absolute Gasteiger partial charge is 0.129 e. The molecule has 88 valence electrons. The number of nitrogens with two attached hydrogens (primary N) is 1. The van der Waals surface area contributed by atoms with Gasteiger partial charge in [-0.1, -0.05) is 0 Å². The number of nitrogens with zero attached hydrogens (tertiary/aromatic N) is 2. The first-order valence-electron chi connectivity index (χ1n) is 5.60. The molecule has 2 atom stereocenters. The Labute approximate surface area is 95.4 Å².